The number of likely N-dealkylation sites (N-methyl/N-ethyl adjacent to an activating group) is 1. The molecule has 0 N–H and O–H groups in total. The molecule has 1 aromatic carbocycles. The van der Waals surface area contributed by atoms with Gasteiger partial charge in [-0.25, -0.2) is 4.79 Å². The second-order valence-corrected chi connectivity index (χ2v) is 6.20. The number of nitro benzene ring substituents is 1. The van der Waals surface area contributed by atoms with E-state index < -0.39 is 17.5 Å². The number of nitro groups is 1. The standard InChI is InChI=1S/C16H19ClN2O5/c1-18(11-5-3-2-4-6-11)15(20)10-24-16(21)13-9-12(19(22)23)7-8-14(13)17/h7-9,11H,2-6,10H2,1H3. The lowest BCUT2D eigenvalue weighted by molar-refractivity contribution is -0.384. The van der Waals surface area contributed by atoms with E-state index in [1.165, 1.54) is 18.6 Å². The molecule has 1 saturated carbocycles. The van der Waals surface area contributed by atoms with E-state index in [1.54, 1.807) is 11.9 Å². The first kappa shape index (κ1) is 18.2. The number of benzene rings is 1. The predicted molar refractivity (Wildman–Crippen MR) is 88.0 cm³/mol. The van der Waals surface area contributed by atoms with Crippen LogP contribution in [0.15, 0.2) is 18.2 Å². The van der Waals surface area contributed by atoms with E-state index >= 15 is 0 Å². The zero-order valence-electron chi connectivity index (χ0n) is 13.4. The number of rotatable bonds is 5. The van der Waals surface area contributed by atoms with Crippen molar-refractivity contribution in [2.75, 3.05) is 13.7 Å². The van der Waals surface area contributed by atoms with E-state index in [4.69, 9.17) is 16.3 Å². The summed E-state index contributed by atoms with van der Waals surface area (Å²) in [5, 5.41) is 10.8. The van der Waals surface area contributed by atoms with Gasteiger partial charge in [0.05, 0.1) is 15.5 Å². The Morgan fingerprint density at radius 1 is 1.33 bits per heavy atom. The highest BCUT2D eigenvalue weighted by atomic mass is 35.5. The molecule has 0 unspecified atom stereocenters. The van der Waals surface area contributed by atoms with E-state index in [2.05, 4.69) is 0 Å². The summed E-state index contributed by atoms with van der Waals surface area (Å²) < 4.78 is 4.98. The van der Waals surface area contributed by atoms with Gasteiger partial charge in [-0.05, 0) is 18.9 Å². The molecule has 130 valence electrons. The minimum Gasteiger partial charge on any atom is -0.452 e. The Hall–Kier alpha value is -2.15. The van der Waals surface area contributed by atoms with Gasteiger partial charge in [-0.2, -0.15) is 0 Å². The minimum atomic E-state index is -0.853. The summed E-state index contributed by atoms with van der Waals surface area (Å²) in [4.78, 5) is 35.9. The fraction of sp³-hybridized carbons (Fsp3) is 0.500. The molecule has 2 rings (SSSR count). The second-order valence-electron chi connectivity index (χ2n) is 5.79. The molecule has 0 aliphatic heterocycles. The van der Waals surface area contributed by atoms with Crippen molar-refractivity contribution in [3.63, 3.8) is 0 Å². The lowest BCUT2D eigenvalue weighted by Gasteiger charge is -2.31. The van der Waals surface area contributed by atoms with Gasteiger partial charge in [0.2, 0.25) is 0 Å². The second kappa shape index (κ2) is 8.10. The van der Waals surface area contributed by atoms with Crippen LogP contribution in [0.4, 0.5) is 5.69 Å². The van der Waals surface area contributed by atoms with Crippen LogP contribution >= 0.6 is 11.6 Å². The van der Waals surface area contributed by atoms with Gasteiger partial charge in [0.15, 0.2) is 6.61 Å². The van der Waals surface area contributed by atoms with Crippen molar-refractivity contribution < 1.29 is 19.2 Å². The Morgan fingerprint density at radius 3 is 2.62 bits per heavy atom. The smallest absolute Gasteiger partial charge is 0.340 e. The Balaban J connectivity index is 1.96. The van der Waals surface area contributed by atoms with Gasteiger partial charge in [0.1, 0.15) is 0 Å². The van der Waals surface area contributed by atoms with E-state index in [9.17, 15) is 19.7 Å². The minimum absolute atomic E-state index is 0.0404. The van der Waals surface area contributed by atoms with E-state index in [1.807, 2.05) is 0 Å². The first-order valence-corrected chi connectivity index (χ1v) is 8.14. The van der Waals surface area contributed by atoms with Gasteiger partial charge in [-0.1, -0.05) is 30.9 Å². The maximum absolute atomic E-state index is 12.1. The lowest BCUT2D eigenvalue weighted by atomic mass is 9.94. The summed E-state index contributed by atoms with van der Waals surface area (Å²) in [5.41, 5.74) is -0.393. The number of nitrogens with zero attached hydrogens (tertiary/aromatic N) is 2. The normalized spacial score (nSPS) is 14.9. The predicted octanol–water partition coefficient (Wildman–Crippen LogP) is 3.20. The van der Waals surface area contributed by atoms with Gasteiger partial charge in [0, 0.05) is 25.2 Å². The Morgan fingerprint density at radius 2 is 2.00 bits per heavy atom. The molecule has 1 aliphatic rings. The highest BCUT2D eigenvalue weighted by Crippen LogP contribution is 2.23. The van der Waals surface area contributed by atoms with Gasteiger partial charge < -0.3 is 9.64 Å². The van der Waals surface area contributed by atoms with Crippen molar-refractivity contribution in [3.8, 4) is 0 Å². The number of ether oxygens (including phenoxy) is 1. The number of esters is 1. The van der Waals surface area contributed by atoms with Crippen LogP contribution in [0.2, 0.25) is 5.02 Å². The molecule has 0 saturated heterocycles. The quantitative estimate of drug-likeness (QED) is 0.460. The average Bonchev–Trinajstić information content (AvgIpc) is 2.59. The summed E-state index contributed by atoms with van der Waals surface area (Å²) in [5.74, 6) is -1.15. The van der Waals surface area contributed by atoms with Crippen LogP contribution in [-0.2, 0) is 9.53 Å². The van der Waals surface area contributed by atoms with E-state index in [0.29, 0.717) is 0 Å². The van der Waals surface area contributed by atoms with Crippen LogP contribution in [0.25, 0.3) is 0 Å². The number of hydrogen-bond acceptors (Lipinski definition) is 5. The fourth-order valence-corrected chi connectivity index (χ4v) is 2.96. The molecule has 0 heterocycles. The topological polar surface area (TPSA) is 89.8 Å². The first-order valence-electron chi connectivity index (χ1n) is 7.77. The monoisotopic (exact) mass is 354 g/mol. The van der Waals surface area contributed by atoms with Crippen LogP contribution in [0.3, 0.4) is 0 Å². The van der Waals surface area contributed by atoms with Gasteiger partial charge in [0.25, 0.3) is 11.6 Å². The Labute approximate surface area is 144 Å². The molecular formula is C16H19ClN2O5. The van der Waals surface area contributed by atoms with Crippen LogP contribution in [0, 0.1) is 10.1 Å². The van der Waals surface area contributed by atoms with Crippen molar-refractivity contribution in [1.82, 2.24) is 4.90 Å². The van der Waals surface area contributed by atoms with Crippen LogP contribution in [0.5, 0.6) is 0 Å². The molecule has 1 aliphatic carbocycles. The molecule has 0 radical (unpaired) electrons. The third-order valence-corrected chi connectivity index (χ3v) is 4.55. The zero-order valence-corrected chi connectivity index (χ0v) is 14.1. The molecule has 0 aromatic heterocycles. The van der Waals surface area contributed by atoms with E-state index in [-0.39, 0.29) is 28.2 Å². The molecule has 8 heteroatoms. The number of carbonyl (C=O) groups excluding carboxylic acids is 2. The maximum Gasteiger partial charge on any atom is 0.340 e. The summed E-state index contributed by atoms with van der Waals surface area (Å²) >= 11 is 5.88. The number of halogens is 1. The highest BCUT2D eigenvalue weighted by Gasteiger charge is 2.24. The average molecular weight is 355 g/mol. The SMILES string of the molecule is CN(C(=O)COC(=O)c1cc([N+](=O)[O-])ccc1Cl)C1CCCCC1. The first-order chi connectivity index (χ1) is 11.4. The van der Waals surface area contributed by atoms with Gasteiger partial charge in [-0.3, -0.25) is 14.9 Å². The molecule has 7 nitrogen and oxygen atoms in total. The van der Waals surface area contributed by atoms with Crippen molar-refractivity contribution >= 4 is 29.2 Å². The number of non-ortho nitro benzene ring substituents is 1. The third-order valence-electron chi connectivity index (χ3n) is 4.22. The molecule has 0 atom stereocenters. The Bertz CT molecular complexity index is 643. The van der Waals surface area contributed by atoms with Crippen molar-refractivity contribution in [2.24, 2.45) is 0 Å². The Kier molecular flexibility index (Phi) is 6.14. The molecule has 0 spiro atoms. The van der Waals surface area contributed by atoms with E-state index in [0.717, 1.165) is 31.7 Å². The molecular weight excluding hydrogens is 336 g/mol. The van der Waals surface area contributed by atoms with Crippen molar-refractivity contribution in [3.05, 3.63) is 38.9 Å². The van der Waals surface area contributed by atoms with Crippen LogP contribution in [0.1, 0.15) is 42.5 Å². The summed E-state index contributed by atoms with van der Waals surface area (Å²) in [6.45, 7) is -0.412. The molecule has 1 amide bonds. The molecule has 0 bridgehead atoms. The van der Waals surface area contributed by atoms with Crippen LogP contribution < -0.4 is 0 Å². The molecule has 1 fully saturated rings. The number of amides is 1. The maximum atomic E-state index is 12.1. The largest absolute Gasteiger partial charge is 0.452 e. The highest BCUT2D eigenvalue weighted by molar-refractivity contribution is 6.33. The van der Waals surface area contributed by atoms with Crippen molar-refractivity contribution in [2.45, 2.75) is 38.1 Å². The lowest BCUT2D eigenvalue weighted by Crippen LogP contribution is -2.40. The zero-order chi connectivity index (χ0) is 17.7. The number of hydrogen-bond donors (Lipinski definition) is 0. The molecule has 1 aromatic rings. The summed E-state index contributed by atoms with van der Waals surface area (Å²) in [7, 11) is 1.70. The summed E-state index contributed by atoms with van der Waals surface area (Å²) in [6, 6.07) is 3.67. The van der Waals surface area contributed by atoms with Gasteiger partial charge in [-0.15, -0.1) is 0 Å². The third kappa shape index (κ3) is 4.44. The fourth-order valence-electron chi connectivity index (χ4n) is 2.76. The summed E-state index contributed by atoms with van der Waals surface area (Å²) in [6.07, 6.45) is 5.26. The van der Waals surface area contributed by atoms with Crippen LogP contribution in [-0.4, -0.2) is 41.4 Å². The number of carbonyl (C=O) groups is 2. The van der Waals surface area contributed by atoms with Crippen molar-refractivity contribution in [1.29, 1.82) is 0 Å². The van der Waals surface area contributed by atoms with Gasteiger partial charge >= 0.3 is 5.97 Å². The molecule has 24 heavy (non-hydrogen) atoms.